The smallest absolute Gasteiger partial charge is 0.254 e. The van der Waals surface area contributed by atoms with Gasteiger partial charge in [-0.25, -0.2) is 0 Å². The van der Waals surface area contributed by atoms with Crippen LogP contribution >= 0.6 is 11.6 Å². The number of hydrogen-bond acceptors (Lipinski definition) is 3. The normalized spacial score (nSPS) is 10.4. The lowest BCUT2D eigenvalue weighted by Crippen LogP contribution is -2.34. The summed E-state index contributed by atoms with van der Waals surface area (Å²) in [5, 5.41) is 10.4. The zero-order valence-electron chi connectivity index (χ0n) is 14.6. The van der Waals surface area contributed by atoms with Gasteiger partial charge < -0.3 is 10.6 Å². The number of nitrogens with one attached hydrogen (secondary N) is 2. The third-order valence-electron chi connectivity index (χ3n) is 3.92. The first-order valence-corrected chi connectivity index (χ1v) is 8.88. The van der Waals surface area contributed by atoms with Crippen LogP contribution < -0.4 is 10.6 Å². The molecule has 0 atom stereocenters. The van der Waals surface area contributed by atoms with Gasteiger partial charge in [0.15, 0.2) is 0 Å². The van der Waals surface area contributed by atoms with Gasteiger partial charge in [-0.1, -0.05) is 48.0 Å². The van der Waals surface area contributed by atoms with Crippen molar-refractivity contribution in [3.63, 3.8) is 0 Å². The molecule has 0 spiro atoms. The number of aromatic nitrogens is 2. The quantitative estimate of drug-likeness (QED) is 0.617. The van der Waals surface area contributed by atoms with E-state index in [4.69, 9.17) is 11.6 Å². The van der Waals surface area contributed by atoms with E-state index in [-0.39, 0.29) is 11.8 Å². The fourth-order valence-corrected chi connectivity index (χ4v) is 2.71. The van der Waals surface area contributed by atoms with Gasteiger partial charge in [-0.2, -0.15) is 5.10 Å². The molecule has 7 heteroatoms. The highest BCUT2D eigenvalue weighted by Crippen LogP contribution is 2.16. The highest BCUT2D eigenvalue weighted by atomic mass is 35.5. The van der Waals surface area contributed by atoms with Crippen LogP contribution in [0.4, 0.5) is 0 Å². The number of amides is 2. The van der Waals surface area contributed by atoms with Crippen molar-refractivity contribution in [3.8, 4) is 0 Å². The lowest BCUT2D eigenvalue weighted by Gasteiger charge is -2.06. The Morgan fingerprint density at radius 3 is 2.22 bits per heavy atom. The molecule has 0 saturated heterocycles. The summed E-state index contributed by atoms with van der Waals surface area (Å²) in [7, 11) is 0. The Morgan fingerprint density at radius 2 is 1.52 bits per heavy atom. The molecule has 1 heterocycles. The summed E-state index contributed by atoms with van der Waals surface area (Å²) in [5.41, 5.74) is 1.97. The minimum absolute atomic E-state index is 0.169. The van der Waals surface area contributed by atoms with E-state index in [0.717, 1.165) is 5.56 Å². The van der Waals surface area contributed by atoms with E-state index < -0.39 is 0 Å². The van der Waals surface area contributed by atoms with E-state index in [1.54, 1.807) is 35.1 Å². The van der Waals surface area contributed by atoms with Gasteiger partial charge in [0.1, 0.15) is 0 Å². The molecular formula is C20H19ClN4O2. The van der Waals surface area contributed by atoms with Gasteiger partial charge in [-0.05, 0) is 23.8 Å². The number of nitrogens with zero attached hydrogens (tertiary/aromatic N) is 2. The molecule has 0 unspecified atom stereocenters. The van der Waals surface area contributed by atoms with Gasteiger partial charge in [0.05, 0.1) is 18.3 Å². The van der Waals surface area contributed by atoms with Crippen LogP contribution in [0.3, 0.4) is 0 Å². The number of hydrogen-bond donors (Lipinski definition) is 2. The average molecular weight is 383 g/mol. The second-order valence-corrected chi connectivity index (χ2v) is 6.30. The molecule has 27 heavy (non-hydrogen) atoms. The third kappa shape index (κ3) is 5.18. The molecule has 2 amide bonds. The van der Waals surface area contributed by atoms with E-state index in [0.29, 0.717) is 35.8 Å². The average Bonchev–Trinajstić information content (AvgIpc) is 3.16. The fraction of sp³-hybridized carbons (Fsp3) is 0.150. The maximum Gasteiger partial charge on any atom is 0.254 e. The zero-order valence-corrected chi connectivity index (χ0v) is 15.3. The summed E-state index contributed by atoms with van der Waals surface area (Å²) >= 11 is 6.14. The molecule has 0 radical (unpaired) electrons. The predicted molar refractivity (Wildman–Crippen MR) is 104 cm³/mol. The Balaban J connectivity index is 1.46. The van der Waals surface area contributed by atoms with E-state index >= 15 is 0 Å². The lowest BCUT2D eigenvalue weighted by atomic mass is 10.2. The lowest BCUT2D eigenvalue weighted by molar-refractivity contribution is 0.0927. The first-order chi connectivity index (χ1) is 13.1. The highest BCUT2D eigenvalue weighted by molar-refractivity contribution is 6.31. The Labute approximate surface area is 162 Å². The molecule has 138 valence electrons. The fourth-order valence-electron chi connectivity index (χ4n) is 2.51. The first kappa shape index (κ1) is 18.7. The zero-order chi connectivity index (χ0) is 19.1. The van der Waals surface area contributed by atoms with Crippen molar-refractivity contribution in [2.75, 3.05) is 13.1 Å². The predicted octanol–water partition coefficient (Wildman–Crippen LogP) is 2.74. The molecule has 0 aliphatic heterocycles. The maximum atomic E-state index is 12.2. The molecule has 6 nitrogen and oxygen atoms in total. The van der Waals surface area contributed by atoms with Crippen molar-refractivity contribution in [3.05, 3.63) is 88.7 Å². The van der Waals surface area contributed by atoms with Crippen LogP contribution in [0, 0.1) is 0 Å². The molecule has 0 aliphatic rings. The minimum atomic E-state index is -0.241. The number of halogens is 1. The molecule has 0 saturated carbocycles. The van der Waals surface area contributed by atoms with Crippen LogP contribution in [0.5, 0.6) is 0 Å². The maximum absolute atomic E-state index is 12.2. The van der Waals surface area contributed by atoms with Crippen LogP contribution in [0.1, 0.15) is 26.3 Å². The van der Waals surface area contributed by atoms with Gasteiger partial charge in [-0.3, -0.25) is 14.3 Å². The molecule has 1 aromatic heterocycles. The summed E-state index contributed by atoms with van der Waals surface area (Å²) in [4.78, 5) is 24.1. The standard InChI is InChI=1S/C20H19ClN4O2/c21-18-9-5-4-8-16(18)13-25-14-17(12-24-25)20(27)23-11-10-22-19(26)15-6-2-1-3-7-15/h1-9,12,14H,10-11,13H2,(H,22,26)(H,23,27). The van der Waals surface area contributed by atoms with Crippen molar-refractivity contribution in [1.29, 1.82) is 0 Å². The summed E-state index contributed by atoms with van der Waals surface area (Å²) < 4.78 is 1.66. The Morgan fingerprint density at radius 1 is 0.889 bits per heavy atom. The summed E-state index contributed by atoms with van der Waals surface area (Å²) in [6.07, 6.45) is 3.18. The number of benzene rings is 2. The molecule has 0 aliphatic carbocycles. The number of carbonyl (C=O) groups excluding carboxylic acids is 2. The molecule has 2 aromatic carbocycles. The first-order valence-electron chi connectivity index (χ1n) is 8.51. The third-order valence-corrected chi connectivity index (χ3v) is 4.29. The van der Waals surface area contributed by atoms with Crippen LogP contribution in [0.25, 0.3) is 0 Å². The number of carbonyl (C=O) groups is 2. The van der Waals surface area contributed by atoms with E-state index in [1.165, 1.54) is 6.20 Å². The van der Waals surface area contributed by atoms with E-state index in [2.05, 4.69) is 15.7 Å². The van der Waals surface area contributed by atoms with Crippen molar-refractivity contribution < 1.29 is 9.59 Å². The van der Waals surface area contributed by atoms with Gasteiger partial charge >= 0.3 is 0 Å². The van der Waals surface area contributed by atoms with Crippen LogP contribution in [0.2, 0.25) is 5.02 Å². The second kappa shape index (κ2) is 9.00. The van der Waals surface area contributed by atoms with Gasteiger partial charge in [0.2, 0.25) is 0 Å². The highest BCUT2D eigenvalue weighted by Gasteiger charge is 2.10. The topological polar surface area (TPSA) is 76.0 Å². The van der Waals surface area contributed by atoms with Gasteiger partial charge in [0, 0.05) is 29.9 Å². The largest absolute Gasteiger partial charge is 0.350 e. The van der Waals surface area contributed by atoms with Crippen LogP contribution in [-0.2, 0) is 6.54 Å². The van der Waals surface area contributed by atoms with Crippen LogP contribution in [-0.4, -0.2) is 34.7 Å². The Bertz CT molecular complexity index is 924. The van der Waals surface area contributed by atoms with Crippen molar-refractivity contribution in [2.24, 2.45) is 0 Å². The van der Waals surface area contributed by atoms with Crippen molar-refractivity contribution in [1.82, 2.24) is 20.4 Å². The Hall–Kier alpha value is -3.12. The molecule has 3 aromatic rings. The monoisotopic (exact) mass is 382 g/mol. The van der Waals surface area contributed by atoms with Crippen molar-refractivity contribution >= 4 is 23.4 Å². The molecule has 0 fully saturated rings. The molecule has 3 rings (SSSR count). The Kier molecular flexibility index (Phi) is 6.22. The van der Waals surface area contributed by atoms with Crippen LogP contribution in [0.15, 0.2) is 67.0 Å². The second-order valence-electron chi connectivity index (χ2n) is 5.90. The molecule has 0 bridgehead atoms. The van der Waals surface area contributed by atoms with Crippen molar-refractivity contribution in [2.45, 2.75) is 6.54 Å². The summed E-state index contributed by atoms with van der Waals surface area (Å²) in [6, 6.07) is 16.4. The minimum Gasteiger partial charge on any atom is -0.350 e. The van der Waals surface area contributed by atoms with E-state index in [9.17, 15) is 9.59 Å². The molecular weight excluding hydrogens is 364 g/mol. The van der Waals surface area contributed by atoms with Gasteiger partial charge in [-0.15, -0.1) is 0 Å². The summed E-state index contributed by atoms with van der Waals surface area (Å²) in [5.74, 6) is -0.410. The van der Waals surface area contributed by atoms with Gasteiger partial charge in [0.25, 0.3) is 11.8 Å². The summed E-state index contributed by atoms with van der Waals surface area (Å²) in [6.45, 7) is 1.15. The SMILES string of the molecule is O=C(NCCNC(=O)c1cnn(Cc2ccccc2Cl)c1)c1ccccc1. The number of rotatable bonds is 7. The van der Waals surface area contributed by atoms with E-state index in [1.807, 2.05) is 30.3 Å². The molecule has 2 N–H and O–H groups in total.